The Morgan fingerprint density at radius 1 is 0.596 bits per heavy atom. The van der Waals surface area contributed by atoms with Crippen molar-refractivity contribution in [1.29, 1.82) is 0 Å². The maximum absolute atomic E-state index is 15.4. The van der Waals surface area contributed by atoms with E-state index in [0.29, 0.717) is 16.9 Å². The molecule has 0 atom stereocenters. The summed E-state index contributed by atoms with van der Waals surface area (Å²) >= 11 is 0.314. The lowest BCUT2D eigenvalue weighted by Gasteiger charge is -2.17. The number of hydrogen-bond acceptors (Lipinski definition) is 3. The first-order valence-corrected chi connectivity index (χ1v) is 14.3. The zero-order valence-corrected chi connectivity index (χ0v) is 24.4. The normalized spacial score (nSPS) is 12.1. The van der Waals surface area contributed by atoms with Crippen molar-refractivity contribution in [2.45, 2.75) is 19.2 Å². The van der Waals surface area contributed by atoms with E-state index in [2.05, 4.69) is 9.72 Å². The second-order valence-electron chi connectivity index (χ2n) is 10.5. The van der Waals surface area contributed by atoms with Crippen molar-refractivity contribution < 1.29 is 48.6 Å². The van der Waals surface area contributed by atoms with Crippen LogP contribution in [0.15, 0.2) is 84.9 Å². The average molecular weight is 678 g/mol. The molecule has 0 N–H and O–H groups in total. The summed E-state index contributed by atoms with van der Waals surface area (Å²) in [5.41, 5.74) is -0.719. The van der Waals surface area contributed by atoms with Gasteiger partial charge in [-0.15, -0.1) is 11.3 Å². The maximum atomic E-state index is 15.4. The van der Waals surface area contributed by atoms with Gasteiger partial charge in [0.05, 0.1) is 15.8 Å². The lowest BCUT2D eigenvalue weighted by atomic mass is 9.96. The van der Waals surface area contributed by atoms with Crippen LogP contribution in [-0.4, -0.2) is 4.98 Å². The molecule has 6 aromatic rings. The van der Waals surface area contributed by atoms with E-state index in [4.69, 9.17) is 0 Å². The Labute approximate surface area is 263 Å². The molecule has 0 bridgehead atoms. The quantitative estimate of drug-likeness (QED) is 0.164. The van der Waals surface area contributed by atoms with Gasteiger partial charge in [-0.25, -0.2) is 26.9 Å². The Bertz CT molecular complexity index is 2110. The van der Waals surface area contributed by atoms with Crippen molar-refractivity contribution in [3.05, 3.63) is 130 Å². The number of hydrogen-bond donors (Lipinski definition) is 0. The largest absolute Gasteiger partial charge is 0.454 e. The molecule has 0 saturated carbocycles. The first kappa shape index (κ1) is 32.0. The van der Waals surface area contributed by atoms with E-state index in [1.54, 1.807) is 6.07 Å². The maximum Gasteiger partial charge on any atom is 0.454 e. The minimum absolute atomic E-state index is 0.00571. The standard InChI is InChI=1S/C34H17F10NOS/c1-16-2-4-17(5-3-16)18-6-8-22(23(35)10-18)20-11-24(36)30(25(37)12-20)19-7-9-28-29(13-19)47-32(45-28)34(43,44)46-21-14-26(38)31(27(39)15-21)33(40,41)42/h2-15H,1H3. The van der Waals surface area contributed by atoms with Gasteiger partial charge in [-0.1, -0.05) is 48.0 Å². The lowest BCUT2D eigenvalue weighted by molar-refractivity contribution is -0.185. The molecular formula is C34H17F10NOS. The highest BCUT2D eigenvalue weighted by Crippen LogP contribution is 2.41. The first-order chi connectivity index (χ1) is 22.1. The van der Waals surface area contributed by atoms with Crippen molar-refractivity contribution in [3.8, 4) is 39.1 Å². The summed E-state index contributed by atoms with van der Waals surface area (Å²) in [6.45, 7) is 1.91. The number of benzene rings is 5. The molecule has 2 nitrogen and oxygen atoms in total. The molecule has 0 fully saturated rings. The molecular weight excluding hydrogens is 660 g/mol. The van der Waals surface area contributed by atoms with Crippen LogP contribution >= 0.6 is 11.3 Å². The second-order valence-corrected chi connectivity index (χ2v) is 11.5. The van der Waals surface area contributed by atoms with Gasteiger partial charge in [0.2, 0.25) is 5.01 Å². The van der Waals surface area contributed by atoms with Gasteiger partial charge in [0.15, 0.2) is 0 Å². The van der Waals surface area contributed by atoms with Crippen molar-refractivity contribution in [1.82, 2.24) is 4.98 Å². The molecule has 0 saturated heterocycles. The molecule has 0 aliphatic carbocycles. The van der Waals surface area contributed by atoms with Gasteiger partial charge in [-0.05, 0) is 59.5 Å². The SMILES string of the molecule is Cc1ccc(-c2ccc(-c3cc(F)c(-c4ccc5nc(C(F)(F)Oc6cc(F)c(C(F)(F)F)c(F)c6)sc5c4)c(F)c3)c(F)c2)cc1. The highest BCUT2D eigenvalue weighted by molar-refractivity contribution is 7.18. The molecule has 0 unspecified atom stereocenters. The third kappa shape index (κ3) is 6.27. The Morgan fingerprint density at radius 3 is 1.77 bits per heavy atom. The Hall–Kier alpha value is -4.91. The zero-order chi connectivity index (χ0) is 33.8. The van der Waals surface area contributed by atoms with E-state index < -0.39 is 63.3 Å². The highest BCUT2D eigenvalue weighted by Gasteiger charge is 2.41. The van der Waals surface area contributed by atoms with Crippen LogP contribution in [0, 0.1) is 36.0 Å². The Morgan fingerprint density at radius 2 is 1.17 bits per heavy atom. The summed E-state index contributed by atoms with van der Waals surface area (Å²) in [6.07, 6.45) is -9.78. The topological polar surface area (TPSA) is 22.1 Å². The molecule has 5 aromatic carbocycles. The van der Waals surface area contributed by atoms with Gasteiger partial charge in [0.1, 0.15) is 40.4 Å². The number of fused-ring (bicyclic) bond motifs is 1. The molecule has 0 aliphatic rings. The summed E-state index contributed by atoms with van der Waals surface area (Å²) < 4.78 is 146. The zero-order valence-electron chi connectivity index (χ0n) is 23.6. The molecule has 0 spiro atoms. The van der Waals surface area contributed by atoms with Crippen LogP contribution in [0.3, 0.4) is 0 Å². The van der Waals surface area contributed by atoms with E-state index in [1.165, 1.54) is 30.3 Å². The van der Waals surface area contributed by atoms with Crippen LogP contribution in [0.4, 0.5) is 43.9 Å². The highest BCUT2D eigenvalue weighted by atomic mass is 32.1. The number of alkyl halides is 5. The Balaban J connectivity index is 1.28. The molecule has 0 amide bonds. The molecule has 1 heterocycles. The minimum atomic E-state index is -5.41. The van der Waals surface area contributed by atoms with Gasteiger partial charge in [-0.3, -0.25) is 0 Å². The summed E-state index contributed by atoms with van der Waals surface area (Å²) in [6, 6.07) is 17.0. The van der Waals surface area contributed by atoms with Crippen molar-refractivity contribution in [3.63, 3.8) is 0 Å². The molecule has 0 radical (unpaired) electrons. The molecule has 1 aromatic heterocycles. The van der Waals surface area contributed by atoms with Crippen LogP contribution in [0.5, 0.6) is 5.75 Å². The fourth-order valence-corrected chi connectivity index (χ4v) is 5.87. The number of aryl methyl sites for hydroxylation is 1. The van der Waals surface area contributed by atoms with Gasteiger partial charge in [0.25, 0.3) is 0 Å². The molecule has 240 valence electrons. The van der Waals surface area contributed by atoms with E-state index in [0.717, 1.165) is 23.3 Å². The van der Waals surface area contributed by atoms with Crippen molar-refractivity contribution in [2.24, 2.45) is 0 Å². The van der Waals surface area contributed by atoms with E-state index >= 15 is 13.2 Å². The number of ether oxygens (including phenoxy) is 1. The van der Waals surface area contributed by atoms with Crippen LogP contribution in [0.2, 0.25) is 0 Å². The van der Waals surface area contributed by atoms with Gasteiger partial charge in [-0.2, -0.15) is 22.0 Å². The average Bonchev–Trinajstić information content (AvgIpc) is 3.41. The first-order valence-electron chi connectivity index (χ1n) is 13.5. The number of rotatable bonds is 6. The minimum Gasteiger partial charge on any atom is -0.427 e. The van der Waals surface area contributed by atoms with Gasteiger partial charge >= 0.3 is 12.3 Å². The van der Waals surface area contributed by atoms with Gasteiger partial charge in [0, 0.05) is 17.7 Å². The summed E-state index contributed by atoms with van der Waals surface area (Å²) in [4.78, 5) is 3.71. The van der Waals surface area contributed by atoms with Crippen LogP contribution in [-0.2, 0) is 12.3 Å². The van der Waals surface area contributed by atoms with Crippen LogP contribution in [0.25, 0.3) is 43.6 Å². The van der Waals surface area contributed by atoms with E-state index in [-0.39, 0.29) is 39.0 Å². The lowest BCUT2D eigenvalue weighted by Crippen LogP contribution is -2.22. The molecule has 6 rings (SSSR count). The third-order valence-corrected chi connectivity index (χ3v) is 8.25. The van der Waals surface area contributed by atoms with Crippen molar-refractivity contribution in [2.75, 3.05) is 0 Å². The van der Waals surface area contributed by atoms with E-state index in [9.17, 15) is 30.7 Å². The molecule has 13 heteroatoms. The predicted octanol–water partition coefficient (Wildman–Crippen LogP) is 11.4. The summed E-state index contributed by atoms with van der Waals surface area (Å²) in [5.74, 6) is -8.39. The predicted molar refractivity (Wildman–Crippen MR) is 156 cm³/mol. The number of nitrogens with zero attached hydrogens (tertiary/aromatic N) is 1. The fraction of sp³-hybridized carbons (Fsp3) is 0.0882. The smallest absolute Gasteiger partial charge is 0.427 e. The van der Waals surface area contributed by atoms with E-state index in [1.807, 2.05) is 31.2 Å². The number of aromatic nitrogens is 1. The third-order valence-electron chi connectivity index (χ3n) is 7.18. The Kier molecular flexibility index (Phi) is 7.99. The van der Waals surface area contributed by atoms with Crippen LogP contribution in [0.1, 0.15) is 16.1 Å². The second kappa shape index (κ2) is 11.7. The summed E-state index contributed by atoms with van der Waals surface area (Å²) in [7, 11) is 0. The summed E-state index contributed by atoms with van der Waals surface area (Å²) in [5, 5.41) is -1.05. The van der Waals surface area contributed by atoms with Gasteiger partial charge < -0.3 is 4.74 Å². The monoisotopic (exact) mass is 677 g/mol. The number of halogens is 10. The number of thiazole rings is 1. The fourth-order valence-electron chi connectivity index (χ4n) is 4.96. The molecule has 47 heavy (non-hydrogen) atoms. The van der Waals surface area contributed by atoms with Crippen LogP contribution < -0.4 is 4.74 Å². The molecule has 0 aliphatic heterocycles. The van der Waals surface area contributed by atoms with Crippen molar-refractivity contribution >= 4 is 21.6 Å².